The quantitative estimate of drug-likeness (QED) is 0.797. The van der Waals surface area contributed by atoms with Crippen LogP contribution in [0.5, 0.6) is 0 Å². The molecule has 3 aliphatic rings. The zero-order chi connectivity index (χ0) is 18.0. The van der Waals surface area contributed by atoms with E-state index in [4.69, 9.17) is 9.84 Å². The van der Waals surface area contributed by atoms with E-state index in [2.05, 4.69) is 5.32 Å². The highest BCUT2D eigenvalue weighted by atomic mass is 16.5. The van der Waals surface area contributed by atoms with Gasteiger partial charge in [-0.05, 0) is 51.9 Å². The summed E-state index contributed by atoms with van der Waals surface area (Å²) < 4.78 is 5.95. The van der Waals surface area contributed by atoms with E-state index in [1.54, 1.807) is 0 Å². The third kappa shape index (κ3) is 3.50. The van der Waals surface area contributed by atoms with Gasteiger partial charge in [0.15, 0.2) is 0 Å². The van der Waals surface area contributed by atoms with Crippen molar-refractivity contribution in [2.75, 3.05) is 13.7 Å². The minimum Gasteiger partial charge on any atom is -0.481 e. The molecule has 2 amide bonds. The molecule has 0 aromatic rings. The summed E-state index contributed by atoms with van der Waals surface area (Å²) in [5.74, 6) is -0.951. The Balaban J connectivity index is 1.53. The lowest BCUT2D eigenvalue weighted by molar-refractivity contribution is -0.151. The van der Waals surface area contributed by atoms with Crippen LogP contribution in [0.4, 0.5) is 4.79 Å². The van der Waals surface area contributed by atoms with Crippen LogP contribution >= 0.6 is 0 Å². The standard InChI is InChI=1S/C19H32N2O4/c1-3-25-16-12-15(19(16)10-4-5-11-19)21(2)18(24)20-14-8-6-13(7-9-14)17(22)23/h13-16H,3-12H2,1-2H3,(H,20,24)(H,22,23). The van der Waals surface area contributed by atoms with E-state index in [9.17, 15) is 9.59 Å². The zero-order valence-electron chi connectivity index (χ0n) is 15.5. The fourth-order valence-corrected chi connectivity index (χ4v) is 5.30. The van der Waals surface area contributed by atoms with Gasteiger partial charge in [0.25, 0.3) is 0 Å². The van der Waals surface area contributed by atoms with E-state index in [1.807, 2.05) is 18.9 Å². The Labute approximate surface area is 150 Å². The van der Waals surface area contributed by atoms with Crippen LogP contribution in [0.2, 0.25) is 0 Å². The highest BCUT2D eigenvalue weighted by molar-refractivity contribution is 5.75. The van der Waals surface area contributed by atoms with E-state index >= 15 is 0 Å². The molecule has 0 aromatic heterocycles. The lowest BCUT2D eigenvalue weighted by atomic mass is 9.60. The van der Waals surface area contributed by atoms with Crippen molar-refractivity contribution in [2.24, 2.45) is 11.3 Å². The van der Waals surface area contributed by atoms with Crippen LogP contribution in [0.15, 0.2) is 0 Å². The van der Waals surface area contributed by atoms with Crippen LogP contribution in [0.1, 0.15) is 64.7 Å². The van der Waals surface area contributed by atoms with Gasteiger partial charge in [-0.25, -0.2) is 4.79 Å². The number of aliphatic carboxylic acids is 1. The third-order valence-corrected chi connectivity index (χ3v) is 6.84. The van der Waals surface area contributed by atoms with Crippen LogP contribution in [0.3, 0.4) is 0 Å². The molecule has 3 aliphatic carbocycles. The summed E-state index contributed by atoms with van der Waals surface area (Å²) in [6, 6.07) is 0.361. The number of carbonyl (C=O) groups is 2. The van der Waals surface area contributed by atoms with Crippen molar-refractivity contribution in [3.05, 3.63) is 0 Å². The first-order valence-electron chi connectivity index (χ1n) is 9.85. The van der Waals surface area contributed by atoms with Gasteiger partial charge in [-0.3, -0.25) is 4.79 Å². The molecule has 6 heteroatoms. The second-order valence-electron chi connectivity index (χ2n) is 8.08. The fourth-order valence-electron chi connectivity index (χ4n) is 5.30. The second-order valence-corrected chi connectivity index (χ2v) is 8.08. The van der Waals surface area contributed by atoms with Crippen LogP contribution in [0.25, 0.3) is 0 Å². The van der Waals surface area contributed by atoms with Gasteiger partial charge in [0.1, 0.15) is 0 Å². The number of ether oxygens (including phenoxy) is 1. The minimum atomic E-state index is -0.707. The topological polar surface area (TPSA) is 78.9 Å². The van der Waals surface area contributed by atoms with Gasteiger partial charge in [-0.15, -0.1) is 0 Å². The number of carboxylic acids is 1. The van der Waals surface area contributed by atoms with Crippen molar-refractivity contribution in [3.8, 4) is 0 Å². The number of rotatable bonds is 5. The number of nitrogens with one attached hydrogen (secondary N) is 1. The summed E-state index contributed by atoms with van der Waals surface area (Å²) in [5.41, 5.74) is 0.156. The Kier molecular flexibility index (Phi) is 5.56. The molecule has 0 radical (unpaired) electrons. The van der Waals surface area contributed by atoms with Crippen molar-refractivity contribution in [3.63, 3.8) is 0 Å². The molecule has 3 fully saturated rings. The SMILES string of the molecule is CCOC1CC(N(C)C(=O)NC2CCC(C(=O)O)CC2)C12CCCC2. The van der Waals surface area contributed by atoms with Crippen LogP contribution in [0, 0.1) is 11.3 Å². The van der Waals surface area contributed by atoms with Gasteiger partial charge in [-0.1, -0.05) is 12.8 Å². The van der Waals surface area contributed by atoms with Crippen LogP contribution < -0.4 is 5.32 Å². The summed E-state index contributed by atoms with van der Waals surface area (Å²) in [7, 11) is 1.91. The Hall–Kier alpha value is -1.30. The minimum absolute atomic E-state index is 0.00926. The molecule has 142 valence electrons. The number of urea groups is 1. The van der Waals surface area contributed by atoms with E-state index in [0.717, 1.165) is 38.7 Å². The smallest absolute Gasteiger partial charge is 0.317 e. The highest BCUT2D eigenvalue weighted by Crippen LogP contribution is 2.56. The number of hydrogen-bond donors (Lipinski definition) is 2. The number of hydrogen-bond acceptors (Lipinski definition) is 3. The van der Waals surface area contributed by atoms with Crippen molar-refractivity contribution in [2.45, 2.75) is 82.9 Å². The van der Waals surface area contributed by atoms with Gasteiger partial charge >= 0.3 is 12.0 Å². The summed E-state index contributed by atoms with van der Waals surface area (Å²) in [6.07, 6.45) is 8.83. The Bertz CT molecular complexity index is 496. The average molecular weight is 352 g/mol. The zero-order valence-corrected chi connectivity index (χ0v) is 15.5. The van der Waals surface area contributed by atoms with E-state index in [0.29, 0.717) is 18.9 Å². The molecular formula is C19H32N2O4. The predicted octanol–water partition coefficient (Wildman–Crippen LogP) is 3.01. The molecule has 3 rings (SSSR count). The maximum Gasteiger partial charge on any atom is 0.317 e. The van der Waals surface area contributed by atoms with Crippen molar-refractivity contribution >= 4 is 12.0 Å². The molecule has 1 spiro atoms. The molecule has 6 nitrogen and oxygen atoms in total. The molecule has 25 heavy (non-hydrogen) atoms. The van der Waals surface area contributed by atoms with E-state index < -0.39 is 5.97 Å². The maximum atomic E-state index is 12.7. The van der Waals surface area contributed by atoms with Gasteiger partial charge in [0, 0.05) is 31.2 Å². The molecule has 0 aliphatic heterocycles. The summed E-state index contributed by atoms with van der Waals surface area (Å²) in [5, 5.41) is 12.2. The second kappa shape index (κ2) is 7.52. The molecule has 3 saturated carbocycles. The first kappa shape index (κ1) is 18.5. The molecule has 0 aromatic carbocycles. The Morgan fingerprint density at radius 3 is 2.40 bits per heavy atom. The van der Waals surface area contributed by atoms with Gasteiger partial charge in [0.2, 0.25) is 0 Å². The third-order valence-electron chi connectivity index (χ3n) is 6.84. The lowest BCUT2D eigenvalue weighted by Gasteiger charge is -2.57. The molecule has 0 saturated heterocycles. The van der Waals surface area contributed by atoms with Crippen LogP contribution in [-0.4, -0.2) is 53.8 Å². The monoisotopic (exact) mass is 352 g/mol. The van der Waals surface area contributed by atoms with Gasteiger partial charge in [0.05, 0.1) is 12.0 Å². The van der Waals surface area contributed by atoms with Gasteiger partial charge < -0.3 is 20.1 Å². The van der Waals surface area contributed by atoms with E-state index in [-0.39, 0.29) is 29.4 Å². The molecule has 0 bridgehead atoms. The van der Waals surface area contributed by atoms with Crippen LogP contribution in [-0.2, 0) is 9.53 Å². The van der Waals surface area contributed by atoms with Crippen molar-refractivity contribution in [1.82, 2.24) is 10.2 Å². The summed E-state index contributed by atoms with van der Waals surface area (Å²) in [4.78, 5) is 25.7. The average Bonchev–Trinajstić information content (AvgIpc) is 3.11. The normalized spacial score (nSPS) is 33.7. The molecular weight excluding hydrogens is 320 g/mol. The largest absolute Gasteiger partial charge is 0.481 e. The molecule has 2 unspecified atom stereocenters. The molecule has 2 N–H and O–H groups in total. The Morgan fingerprint density at radius 2 is 1.84 bits per heavy atom. The van der Waals surface area contributed by atoms with Crippen molar-refractivity contribution in [1.29, 1.82) is 0 Å². The van der Waals surface area contributed by atoms with Crippen molar-refractivity contribution < 1.29 is 19.4 Å². The maximum absolute atomic E-state index is 12.7. The summed E-state index contributed by atoms with van der Waals surface area (Å²) in [6.45, 7) is 2.78. The number of amides is 2. The number of carboxylic acid groups (broad SMARTS) is 1. The number of carbonyl (C=O) groups excluding carboxylic acids is 1. The first-order valence-corrected chi connectivity index (χ1v) is 9.85. The molecule has 0 heterocycles. The lowest BCUT2D eigenvalue weighted by Crippen LogP contribution is -2.65. The highest BCUT2D eigenvalue weighted by Gasteiger charge is 2.58. The predicted molar refractivity (Wildman–Crippen MR) is 94.4 cm³/mol. The van der Waals surface area contributed by atoms with Gasteiger partial charge in [-0.2, -0.15) is 0 Å². The fraction of sp³-hybridized carbons (Fsp3) is 0.895. The van der Waals surface area contributed by atoms with E-state index in [1.165, 1.54) is 12.8 Å². The Morgan fingerprint density at radius 1 is 1.20 bits per heavy atom. The molecule has 2 atom stereocenters. The first-order chi connectivity index (χ1) is 12.0. The summed E-state index contributed by atoms with van der Waals surface area (Å²) >= 11 is 0. The number of nitrogens with zero attached hydrogens (tertiary/aromatic N) is 1.